The van der Waals surface area contributed by atoms with E-state index in [1.807, 2.05) is 19.1 Å². The van der Waals surface area contributed by atoms with Crippen LogP contribution in [0, 0.1) is 0 Å². The maximum absolute atomic E-state index is 12.2. The standard InChI is InChI=1S/C20H28N2O3/c1-4-6-14-22(15-17-10-8-7-9-11-17)16-18-12-13-19(25-18)20(23)21(3)24-5-2/h7-13H,4-6,14-16H2,1-3H3. The molecular weight excluding hydrogens is 316 g/mol. The van der Waals surface area contributed by atoms with Gasteiger partial charge in [0.25, 0.3) is 0 Å². The van der Waals surface area contributed by atoms with E-state index in [1.54, 1.807) is 13.1 Å². The SMILES string of the molecule is CCCCN(Cc1ccccc1)Cc1ccc(C(=O)N(C)OCC)o1. The first-order valence-electron chi connectivity index (χ1n) is 8.90. The summed E-state index contributed by atoms with van der Waals surface area (Å²) in [6, 6.07) is 14.0. The van der Waals surface area contributed by atoms with E-state index in [2.05, 4.69) is 36.1 Å². The van der Waals surface area contributed by atoms with Crippen LogP contribution in [0.5, 0.6) is 0 Å². The molecule has 0 saturated heterocycles. The van der Waals surface area contributed by atoms with Crippen molar-refractivity contribution in [3.63, 3.8) is 0 Å². The van der Waals surface area contributed by atoms with E-state index in [1.165, 1.54) is 10.6 Å². The lowest BCUT2D eigenvalue weighted by molar-refractivity contribution is -0.101. The zero-order valence-corrected chi connectivity index (χ0v) is 15.4. The smallest absolute Gasteiger partial charge is 0.312 e. The summed E-state index contributed by atoms with van der Waals surface area (Å²) in [5.41, 5.74) is 1.28. The molecule has 1 amide bonds. The van der Waals surface area contributed by atoms with Crippen LogP contribution in [0.2, 0.25) is 0 Å². The number of hydrogen-bond acceptors (Lipinski definition) is 4. The number of amides is 1. The summed E-state index contributed by atoms with van der Waals surface area (Å²) >= 11 is 0. The van der Waals surface area contributed by atoms with Gasteiger partial charge in [0, 0.05) is 13.6 Å². The molecule has 0 atom stereocenters. The first kappa shape index (κ1) is 19.2. The maximum atomic E-state index is 12.2. The van der Waals surface area contributed by atoms with E-state index in [9.17, 15) is 4.79 Å². The molecule has 1 aromatic heterocycles. The number of carbonyl (C=O) groups is 1. The fourth-order valence-electron chi connectivity index (χ4n) is 2.64. The van der Waals surface area contributed by atoms with Crippen molar-refractivity contribution >= 4 is 5.91 Å². The van der Waals surface area contributed by atoms with Crippen molar-refractivity contribution in [2.45, 2.75) is 39.8 Å². The molecule has 2 aromatic rings. The molecule has 136 valence electrons. The molecule has 1 aromatic carbocycles. The lowest BCUT2D eigenvalue weighted by Crippen LogP contribution is -2.26. The van der Waals surface area contributed by atoms with E-state index >= 15 is 0 Å². The first-order chi connectivity index (χ1) is 12.1. The topological polar surface area (TPSA) is 45.9 Å². The Morgan fingerprint density at radius 3 is 2.52 bits per heavy atom. The quantitative estimate of drug-likeness (QED) is 0.609. The third kappa shape index (κ3) is 6.03. The number of furan rings is 1. The minimum atomic E-state index is -0.267. The van der Waals surface area contributed by atoms with Crippen LogP contribution in [0.1, 0.15) is 48.6 Å². The summed E-state index contributed by atoms with van der Waals surface area (Å²) in [7, 11) is 1.59. The largest absolute Gasteiger partial charge is 0.454 e. The average Bonchev–Trinajstić information content (AvgIpc) is 3.08. The normalized spacial score (nSPS) is 11.0. The number of unbranched alkanes of at least 4 members (excludes halogenated alkanes) is 1. The highest BCUT2D eigenvalue weighted by molar-refractivity contribution is 5.90. The summed E-state index contributed by atoms with van der Waals surface area (Å²) in [6.45, 7) is 7.01. The van der Waals surface area contributed by atoms with E-state index < -0.39 is 0 Å². The Kier molecular flexibility index (Phi) is 7.70. The van der Waals surface area contributed by atoms with Gasteiger partial charge in [0.1, 0.15) is 5.76 Å². The van der Waals surface area contributed by atoms with Crippen molar-refractivity contribution in [2.24, 2.45) is 0 Å². The van der Waals surface area contributed by atoms with Crippen LogP contribution in [-0.4, -0.2) is 36.1 Å². The van der Waals surface area contributed by atoms with Gasteiger partial charge in [0.15, 0.2) is 5.76 Å². The molecule has 2 rings (SSSR count). The van der Waals surface area contributed by atoms with Crippen molar-refractivity contribution in [1.29, 1.82) is 0 Å². The minimum absolute atomic E-state index is 0.267. The molecule has 0 saturated carbocycles. The number of hydrogen-bond donors (Lipinski definition) is 0. The number of rotatable bonds is 10. The van der Waals surface area contributed by atoms with E-state index in [0.717, 1.165) is 31.7 Å². The summed E-state index contributed by atoms with van der Waals surface area (Å²) < 4.78 is 5.75. The van der Waals surface area contributed by atoms with Crippen molar-refractivity contribution in [1.82, 2.24) is 9.96 Å². The summed E-state index contributed by atoms with van der Waals surface area (Å²) in [4.78, 5) is 19.7. The third-order valence-corrected chi connectivity index (χ3v) is 3.94. The molecule has 1 heterocycles. The Balaban J connectivity index is 2.02. The highest BCUT2D eigenvalue weighted by Gasteiger charge is 2.17. The molecule has 0 unspecified atom stereocenters. The van der Waals surface area contributed by atoms with Gasteiger partial charge in [-0.05, 0) is 37.6 Å². The van der Waals surface area contributed by atoms with Crippen LogP contribution in [0.25, 0.3) is 0 Å². The molecule has 0 radical (unpaired) electrons. The number of carbonyl (C=O) groups excluding carboxylic acids is 1. The van der Waals surface area contributed by atoms with Crippen LogP contribution < -0.4 is 0 Å². The van der Waals surface area contributed by atoms with Gasteiger partial charge in [-0.25, -0.2) is 5.06 Å². The highest BCUT2D eigenvalue weighted by atomic mass is 16.7. The molecule has 5 heteroatoms. The zero-order valence-electron chi connectivity index (χ0n) is 15.4. The van der Waals surface area contributed by atoms with Crippen LogP contribution in [-0.2, 0) is 17.9 Å². The summed E-state index contributed by atoms with van der Waals surface area (Å²) in [5, 5.41) is 1.21. The van der Waals surface area contributed by atoms with Gasteiger partial charge in [-0.1, -0.05) is 43.7 Å². The minimum Gasteiger partial charge on any atom is -0.454 e. The summed E-state index contributed by atoms with van der Waals surface area (Å²) in [5.74, 6) is 0.831. The van der Waals surface area contributed by atoms with Gasteiger partial charge in [-0.15, -0.1) is 0 Å². The monoisotopic (exact) mass is 344 g/mol. The van der Waals surface area contributed by atoms with Crippen LogP contribution in [0.3, 0.4) is 0 Å². The van der Waals surface area contributed by atoms with Crippen LogP contribution in [0.15, 0.2) is 46.9 Å². The predicted octanol–water partition coefficient (Wildman–Crippen LogP) is 4.11. The van der Waals surface area contributed by atoms with Crippen molar-refractivity contribution in [3.8, 4) is 0 Å². The van der Waals surface area contributed by atoms with Gasteiger partial charge in [-0.3, -0.25) is 14.5 Å². The van der Waals surface area contributed by atoms with Crippen molar-refractivity contribution in [2.75, 3.05) is 20.2 Å². The molecule has 0 bridgehead atoms. The first-order valence-corrected chi connectivity index (χ1v) is 8.90. The van der Waals surface area contributed by atoms with Gasteiger partial charge in [0.2, 0.25) is 0 Å². The third-order valence-electron chi connectivity index (χ3n) is 3.94. The van der Waals surface area contributed by atoms with Gasteiger partial charge < -0.3 is 4.42 Å². The maximum Gasteiger partial charge on any atom is 0.312 e. The molecule has 0 spiro atoms. The van der Waals surface area contributed by atoms with Gasteiger partial charge in [0.05, 0.1) is 13.2 Å². The zero-order chi connectivity index (χ0) is 18.1. The Bertz CT molecular complexity index is 639. The van der Waals surface area contributed by atoms with Crippen LogP contribution >= 0.6 is 0 Å². The molecule has 0 fully saturated rings. The van der Waals surface area contributed by atoms with Crippen molar-refractivity contribution in [3.05, 3.63) is 59.5 Å². The Morgan fingerprint density at radius 1 is 1.08 bits per heavy atom. The Morgan fingerprint density at radius 2 is 1.84 bits per heavy atom. The fraction of sp³-hybridized carbons (Fsp3) is 0.450. The molecule has 0 aliphatic carbocycles. The molecule has 5 nitrogen and oxygen atoms in total. The second kappa shape index (κ2) is 10.0. The summed E-state index contributed by atoms with van der Waals surface area (Å²) in [6.07, 6.45) is 2.28. The number of benzene rings is 1. The van der Waals surface area contributed by atoms with E-state index in [-0.39, 0.29) is 5.91 Å². The number of nitrogens with zero attached hydrogens (tertiary/aromatic N) is 2. The number of hydroxylamine groups is 2. The lowest BCUT2D eigenvalue weighted by Gasteiger charge is -2.21. The second-order valence-corrected chi connectivity index (χ2v) is 6.04. The molecule has 0 aliphatic rings. The Hall–Kier alpha value is -2.11. The molecule has 0 N–H and O–H groups in total. The Labute approximate surface area is 150 Å². The van der Waals surface area contributed by atoms with Gasteiger partial charge >= 0.3 is 5.91 Å². The predicted molar refractivity (Wildman–Crippen MR) is 97.9 cm³/mol. The van der Waals surface area contributed by atoms with E-state index in [0.29, 0.717) is 18.9 Å². The van der Waals surface area contributed by atoms with Crippen LogP contribution in [0.4, 0.5) is 0 Å². The second-order valence-electron chi connectivity index (χ2n) is 6.04. The fourth-order valence-corrected chi connectivity index (χ4v) is 2.64. The molecular formula is C20H28N2O3. The highest BCUT2D eigenvalue weighted by Crippen LogP contribution is 2.15. The van der Waals surface area contributed by atoms with Crippen molar-refractivity contribution < 1.29 is 14.0 Å². The lowest BCUT2D eigenvalue weighted by atomic mass is 10.2. The van der Waals surface area contributed by atoms with Gasteiger partial charge in [-0.2, -0.15) is 0 Å². The molecule has 0 aliphatic heterocycles. The average molecular weight is 344 g/mol. The molecule has 25 heavy (non-hydrogen) atoms. The van der Waals surface area contributed by atoms with E-state index in [4.69, 9.17) is 9.25 Å².